The van der Waals surface area contributed by atoms with Gasteiger partial charge in [0.1, 0.15) is 0 Å². The number of ether oxygens (including phenoxy) is 1. The smallest absolute Gasteiger partial charge is 0.381 e. The van der Waals surface area contributed by atoms with Crippen LogP contribution in [0, 0.1) is 23.7 Å². The Hall–Kier alpha value is -1.41. The summed E-state index contributed by atoms with van der Waals surface area (Å²) in [6.07, 6.45) is 8.02. The zero-order chi connectivity index (χ0) is 22.2. The first-order chi connectivity index (χ1) is 15.4. The topological polar surface area (TPSA) is 59.1 Å². The Morgan fingerprint density at radius 3 is 2.42 bits per heavy atom. The van der Waals surface area contributed by atoms with Gasteiger partial charge in [-0.2, -0.15) is 13.2 Å². The van der Waals surface area contributed by atoms with Crippen molar-refractivity contribution in [2.45, 2.75) is 89.9 Å². The van der Waals surface area contributed by atoms with Crippen molar-refractivity contribution in [1.82, 2.24) is 15.3 Å². The molecule has 2 N–H and O–H groups in total. The van der Waals surface area contributed by atoms with Crippen LogP contribution in [0.1, 0.15) is 82.9 Å². The Bertz CT molecular complexity index is 782. The number of alkyl halides is 3. The molecule has 0 radical (unpaired) electrons. The maximum atomic E-state index is 13.8. The molecular formula is C25H39F3N4O. The fourth-order valence-corrected chi connectivity index (χ4v) is 6.95. The Morgan fingerprint density at radius 1 is 1.03 bits per heavy atom. The van der Waals surface area contributed by atoms with E-state index in [9.17, 15) is 13.2 Å². The number of nitrogens with one attached hydrogen (secondary N) is 2. The summed E-state index contributed by atoms with van der Waals surface area (Å²) in [6, 6.07) is 0. The van der Waals surface area contributed by atoms with Crippen LogP contribution in [-0.4, -0.2) is 35.3 Å². The molecule has 1 aliphatic heterocycles. The van der Waals surface area contributed by atoms with Crippen molar-refractivity contribution in [2.75, 3.05) is 25.1 Å². The van der Waals surface area contributed by atoms with Crippen molar-refractivity contribution < 1.29 is 17.9 Å². The van der Waals surface area contributed by atoms with Crippen molar-refractivity contribution in [3.63, 3.8) is 0 Å². The van der Waals surface area contributed by atoms with E-state index in [0.717, 1.165) is 57.7 Å². The SMILES string of the molecule is C.FC(F)(F)c1nc(NC23CCC4CC(CC(C4)C2)C3)ncc1CNCCC1CCOCC1. The largest absolute Gasteiger partial charge is 0.433 e. The third-order valence-corrected chi connectivity index (χ3v) is 8.29. The van der Waals surface area contributed by atoms with Gasteiger partial charge in [-0.1, -0.05) is 7.43 Å². The van der Waals surface area contributed by atoms with Crippen LogP contribution in [0.5, 0.6) is 0 Å². The molecular weight excluding hydrogens is 429 g/mol. The van der Waals surface area contributed by atoms with Crippen molar-refractivity contribution in [1.29, 1.82) is 0 Å². The van der Waals surface area contributed by atoms with E-state index < -0.39 is 11.9 Å². The monoisotopic (exact) mass is 468 g/mol. The number of hydrogen-bond acceptors (Lipinski definition) is 5. The molecule has 1 saturated heterocycles. The van der Waals surface area contributed by atoms with Gasteiger partial charge in [0.25, 0.3) is 0 Å². The molecule has 8 heteroatoms. The normalized spacial score (nSPS) is 31.8. The van der Waals surface area contributed by atoms with E-state index in [1.54, 1.807) is 0 Å². The number of halogens is 3. The van der Waals surface area contributed by atoms with Crippen LogP contribution in [0.4, 0.5) is 19.1 Å². The molecule has 4 bridgehead atoms. The zero-order valence-electron chi connectivity index (χ0n) is 18.7. The number of aromatic nitrogens is 2. The Morgan fingerprint density at radius 2 is 1.73 bits per heavy atom. The maximum absolute atomic E-state index is 13.8. The second kappa shape index (κ2) is 10.1. The molecule has 5 nitrogen and oxygen atoms in total. The summed E-state index contributed by atoms with van der Waals surface area (Å²) in [5.41, 5.74) is -0.821. The lowest BCUT2D eigenvalue weighted by atomic mass is 9.65. The molecule has 0 amide bonds. The summed E-state index contributed by atoms with van der Waals surface area (Å²) in [7, 11) is 0. The minimum atomic E-state index is -4.49. The van der Waals surface area contributed by atoms with Gasteiger partial charge in [0.2, 0.25) is 5.95 Å². The summed E-state index contributed by atoms with van der Waals surface area (Å²) >= 11 is 0. The molecule has 4 saturated carbocycles. The molecule has 6 rings (SSSR count). The van der Waals surface area contributed by atoms with E-state index in [2.05, 4.69) is 20.6 Å². The van der Waals surface area contributed by atoms with E-state index >= 15 is 0 Å². The highest BCUT2D eigenvalue weighted by Gasteiger charge is 2.48. The van der Waals surface area contributed by atoms with Gasteiger partial charge in [-0.25, -0.2) is 9.97 Å². The Balaban J connectivity index is 0.00000259. The average Bonchev–Trinajstić information content (AvgIpc) is 2.95. The lowest BCUT2D eigenvalue weighted by molar-refractivity contribution is -0.141. The summed E-state index contributed by atoms with van der Waals surface area (Å²) in [5, 5.41) is 6.59. The van der Waals surface area contributed by atoms with Crippen LogP contribution in [0.2, 0.25) is 0 Å². The van der Waals surface area contributed by atoms with Crippen molar-refractivity contribution >= 4 is 5.95 Å². The van der Waals surface area contributed by atoms with Gasteiger partial charge in [-0.3, -0.25) is 0 Å². The minimum absolute atomic E-state index is 0. The summed E-state index contributed by atoms with van der Waals surface area (Å²) in [6.45, 7) is 2.40. The van der Waals surface area contributed by atoms with Crippen molar-refractivity contribution in [3.05, 3.63) is 17.5 Å². The molecule has 1 aromatic rings. The number of anilines is 1. The van der Waals surface area contributed by atoms with E-state index in [1.165, 1.54) is 31.9 Å². The molecule has 1 aromatic heterocycles. The number of fused-ring (bicyclic) bond motifs is 1. The molecule has 5 aliphatic rings. The lowest BCUT2D eigenvalue weighted by Gasteiger charge is -2.45. The van der Waals surface area contributed by atoms with Gasteiger partial charge in [0, 0.05) is 37.1 Å². The van der Waals surface area contributed by atoms with Crippen LogP contribution in [0.25, 0.3) is 0 Å². The van der Waals surface area contributed by atoms with Gasteiger partial charge in [0.15, 0.2) is 5.69 Å². The highest BCUT2D eigenvalue weighted by molar-refractivity contribution is 5.35. The van der Waals surface area contributed by atoms with Gasteiger partial charge >= 0.3 is 6.18 Å². The first kappa shape index (κ1) is 24.7. The summed E-state index contributed by atoms with van der Waals surface area (Å²) in [4.78, 5) is 8.36. The van der Waals surface area contributed by atoms with E-state index in [4.69, 9.17) is 4.74 Å². The third-order valence-electron chi connectivity index (χ3n) is 8.29. The maximum Gasteiger partial charge on any atom is 0.433 e. The van der Waals surface area contributed by atoms with Crippen LogP contribution in [0.15, 0.2) is 6.20 Å². The van der Waals surface area contributed by atoms with E-state index in [0.29, 0.717) is 24.3 Å². The molecule has 186 valence electrons. The molecule has 0 aromatic carbocycles. The van der Waals surface area contributed by atoms with E-state index in [1.807, 2.05) is 0 Å². The third kappa shape index (κ3) is 5.81. The highest BCUT2D eigenvalue weighted by atomic mass is 19.4. The molecule has 2 heterocycles. The number of hydrogen-bond donors (Lipinski definition) is 2. The predicted octanol–water partition coefficient (Wildman–Crippen LogP) is 5.81. The second-order valence-corrected chi connectivity index (χ2v) is 10.7. The second-order valence-electron chi connectivity index (χ2n) is 10.7. The number of rotatable bonds is 7. The Kier molecular flexibility index (Phi) is 7.53. The fraction of sp³-hybridized carbons (Fsp3) is 0.840. The predicted molar refractivity (Wildman–Crippen MR) is 123 cm³/mol. The minimum Gasteiger partial charge on any atom is -0.381 e. The van der Waals surface area contributed by atoms with Gasteiger partial charge < -0.3 is 15.4 Å². The van der Waals surface area contributed by atoms with Crippen LogP contribution < -0.4 is 10.6 Å². The zero-order valence-corrected chi connectivity index (χ0v) is 18.7. The standard InChI is InChI=1S/C24H35F3N4O.CH4/c25-24(26,27)21-20(14-28-6-2-16-3-7-32-8-4-16)15-29-22(30-21)31-23-5-1-17-9-18(12-23)11-19(10-17)13-23;/h15-19,28H,1-14H2,(H,29,30,31);1H4. The van der Waals surface area contributed by atoms with Crippen LogP contribution in [0.3, 0.4) is 0 Å². The first-order valence-corrected chi connectivity index (χ1v) is 12.4. The van der Waals surface area contributed by atoms with Gasteiger partial charge in [-0.05, 0) is 94.4 Å². The summed E-state index contributed by atoms with van der Waals surface area (Å²) in [5.74, 6) is 2.92. The van der Waals surface area contributed by atoms with Gasteiger partial charge in [0.05, 0.1) is 0 Å². The quantitative estimate of drug-likeness (QED) is 0.495. The fourth-order valence-electron chi connectivity index (χ4n) is 6.95. The van der Waals surface area contributed by atoms with Crippen LogP contribution in [-0.2, 0) is 17.5 Å². The van der Waals surface area contributed by atoms with Crippen molar-refractivity contribution in [3.8, 4) is 0 Å². The molecule has 4 aliphatic carbocycles. The summed E-state index contributed by atoms with van der Waals surface area (Å²) < 4.78 is 46.9. The molecule has 33 heavy (non-hydrogen) atoms. The van der Waals surface area contributed by atoms with Gasteiger partial charge in [-0.15, -0.1) is 0 Å². The average molecular weight is 469 g/mol. The van der Waals surface area contributed by atoms with Crippen molar-refractivity contribution in [2.24, 2.45) is 23.7 Å². The number of nitrogens with zero attached hydrogens (tertiary/aromatic N) is 2. The van der Waals surface area contributed by atoms with E-state index in [-0.39, 0.29) is 31.0 Å². The molecule has 0 spiro atoms. The molecule has 2 unspecified atom stereocenters. The molecule has 5 fully saturated rings. The van der Waals surface area contributed by atoms with Crippen LogP contribution >= 0.6 is 0 Å². The lowest BCUT2D eigenvalue weighted by Crippen LogP contribution is -2.45. The highest BCUT2D eigenvalue weighted by Crippen LogP contribution is 2.53. The molecule has 2 atom stereocenters. The first-order valence-electron chi connectivity index (χ1n) is 12.4. The Labute approximate surface area is 195 Å².